The van der Waals surface area contributed by atoms with Gasteiger partial charge < -0.3 is 9.64 Å². The van der Waals surface area contributed by atoms with Crippen LogP contribution in [0.2, 0.25) is 10.0 Å². The Bertz CT molecular complexity index is 614. The van der Waals surface area contributed by atoms with E-state index in [2.05, 4.69) is 23.4 Å². The molecular weight excluding hydrogens is 313 g/mol. The average Bonchev–Trinajstić information content (AvgIpc) is 2.81. The smallest absolute Gasteiger partial charge is 0.134 e. The molecule has 1 atom stereocenters. The van der Waals surface area contributed by atoms with Crippen LogP contribution < -0.4 is 4.74 Å². The number of benzene rings is 1. The summed E-state index contributed by atoms with van der Waals surface area (Å²) in [5.74, 6) is 0.772. The van der Waals surface area contributed by atoms with Gasteiger partial charge in [-0.25, -0.2) is 0 Å². The van der Waals surface area contributed by atoms with Crippen molar-refractivity contribution in [1.29, 1.82) is 0 Å². The van der Waals surface area contributed by atoms with Crippen LogP contribution in [0.5, 0.6) is 5.75 Å². The minimum absolute atomic E-state index is 0.0900. The van der Waals surface area contributed by atoms with Crippen LogP contribution >= 0.6 is 34.5 Å². The fourth-order valence-electron chi connectivity index (χ4n) is 2.43. The highest BCUT2D eigenvalue weighted by Crippen LogP contribution is 2.35. The predicted molar refractivity (Wildman–Crippen MR) is 85.1 cm³/mol. The quantitative estimate of drug-likeness (QED) is 0.768. The maximum atomic E-state index is 6.14. The number of nitrogens with zero attached hydrogens (tertiary/aromatic N) is 1. The Morgan fingerprint density at radius 2 is 2.10 bits per heavy atom. The Morgan fingerprint density at radius 1 is 1.25 bits per heavy atom. The van der Waals surface area contributed by atoms with E-state index in [0.29, 0.717) is 10.0 Å². The first kappa shape index (κ1) is 14.2. The van der Waals surface area contributed by atoms with Gasteiger partial charge >= 0.3 is 0 Å². The maximum absolute atomic E-state index is 6.14. The van der Waals surface area contributed by atoms with Gasteiger partial charge in [0, 0.05) is 30.5 Å². The molecule has 2 nitrogen and oxygen atoms in total. The number of fused-ring (bicyclic) bond motifs is 1. The van der Waals surface area contributed by atoms with Crippen LogP contribution in [-0.4, -0.2) is 18.5 Å². The Hall–Kier alpha value is -0.740. The van der Waals surface area contributed by atoms with Crippen LogP contribution in [-0.2, 0) is 6.54 Å². The lowest BCUT2D eigenvalue weighted by Crippen LogP contribution is -2.18. The van der Waals surface area contributed by atoms with Gasteiger partial charge in [0.2, 0.25) is 0 Å². The average molecular weight is 328 g/mol. The third-order valence-corrected chi connectivity index (χ3v) is 5.25. The number of halogens is 2. The van der Waals surface area contributed by atoms with Crippen LogP contribution in [0, 0.1) is 0 Å². The lowest BCUT2D eigenvalue weighted by molar-refractivity contribution is 0.185. The molecule has 0 fully saturated rings. The van der Waals surface area contributed by atoms with E-state index in [4.69, 9.17) is 27.9 Å². The van der Waals surface area contributed by atoms with Crippen LogP contribution in [0.25, 0.3) is 0 Å². The van der Waals surface area contributed by atoms with Crippen molar-refractivity contribution in [2.24, 2.45) is 0 Å². The molecule has 0 radical (unpaired) electrons. The number of thiophene rings is 1. The molecule has 1 aromatic carbocycles. The highest BCUT2D eigenvalue weighted by molar-refractivity contribution is 7.10. The van der Waals surface area contributed by atoms with Crippen LogP contribution in [0.3, 0.4) is 0 Å². The number of hydrogen-bond donors (Lipinski definition) is 0. The second kappa shape index (κ2) is 5.94. The Balaban J connectivity index is 1.85. The van der Waals surface area contributed by atoms with E-state index < -0.39 is 0 Å². The minimum atomic E-state index is 0.0900. The van der Waals surface area contributed by atoms with Crippen LogP contribution in [0.15, 0.2) is 29.6 Å². The highest BCUT2D eigenvalue weighted by Gasteiger charge is 2.23. The zero-order valence-electron chi connectivity index (χ0n) is 11.1. The summed E-state index contributed by atoms with van der Waals surface area (Å²) in [7, 11) is 2.14. The molecule has 1 aliphatic heterocycles. The van der Waals surface area contributed by atoms with Crippen molar-refractivity contribution in [2.75, 3.05) is 13.6 Å². The first-order valence-electron chi connectivity index (χ1n) is 6.50. The Morgan fingerprint density at radius 3 is 2.90 bits per heavy atom. The second-order valence-electron chi connectivity index (χ2n) is 5.02. The molecule has 2 aromatic rings. The summed E-state index contributed by atoms with van der Waals surface area (Å²) in [6.45, 7) is 2.01. The van der Waals surface area contributed by atoms with Gasteiger partial charge in [0.1, 0.15) is 11.9 Å². The van der Waals surface area contributed by atoms with Crippen molar-refractivity contribution in [3.63, 3.8) is 0 Å². The van der Waals surface area contributed by atoms with E-state index in [1.54, 1.807) is 23.5 Å². The summed E-state index contributed by atoms with van der Waals surface area (Å²) in [5, 5.41) is 3.22. The minimum Gasteiger partial charge on any atom is -0.485 e. The van der Waals surface area contributed by atoms with Gasteiger partial charge in [0.25, 0.3) is 0 Å². The molecule has 2 heterocycles. The van der Waals surface area contributed by atoms with E-state index in [1.807, 2.05) is 6.07 Å². The van der Waals surface area contributed by atoms with E-state index in [0.717, 1.165) is 25.3 Å². The first-order chi connectivity index (χ1) is 9.63. The Kier molecular flexibility index (Phi) is 4.22. The number of ether oxygens (including phenoxy) is 1. The maximum Gasteiger partial charge on any atom is 0.134 e. The van der Waals surface area contributed by atoms with Crippen molar-refractivity contribution >= 4 is 34.5 Å². The number of rotatable bonds is 2. The fourth-order valence-corrected chi connectivity index (χ4v) is 3.69. The summed E-state index contributed by atoms with van der Waals surface area (Å²) in [6.07, 6.45) is 1.07. The zero-order chi connectivity index (χ0) is 14.1. The zero-order valence-corrected chi connectivity index (χ0v) is 13.4. The van der Waals surface area contributed by atoms with Crippen molar-refractivity contribution in [3.05, 3.63) is 50.1 Å². The van der Waals surface area contributed by atoms with Gasteiger partial charge in [-0.1, -0.05) is 23.2 Å². The largest absolute Gasteiger partial charge is 0.485 e. The molecule has 0 amide bonds. The summed E-state index contributed by atoms with van der Waals surface area (Å²) < 4.78 is 6.14. The third kappa shape index (κ3) is 2.96. The standard InChI is InChI=1S/C15H15Cl2NOS/c1-18-6-4-14(15-10(9-18)5-7-20-15)19-11-2-3-12(16)13(17)8-11/h2-3,5,7-8,14H,4,6,9H2,1H3. The van der Waals surface area contributed by atoms with Crippen molar-refractivity contribution < 1.29 is 4.74 Å². The van der Waals surface area contributed by atoms with E-state index in [1.165, 1.54) is 10.4 Å². The van der Waals surface area contributed by atoms with Gasteiger partial charge in [-0.3, -0.25) is 0 Å². The van der Waals surface area contributed by atoms with E-state index in [9.17, 15) is 0 Å². The molecule has 0 bridgehead atoms. The second-order valence-corrected chi connectivity index (χ2v) is 6.78. The van der Waals surface area contributed by atoms with Gasteiger partial charge in [0.05, 0.1) is 10.0 Å². The van der Waals surface area contributed by atoms with E-state index in [-0.39, 0.29) is 6.10 Å². The molecule has 0 saturated heterocycles. The van der Waals surface area contributed by atoms with Crippen LogP contribution in [0.1, 0.15) is 23.0 Å². The molecule has 5 heteroatoms. The van der Waals surface area contributed by atoms with Gasteiger partial charge in [0.15, 0.2) is 0 Å². The molecule has 1 unspecified atom stereocenters. The van der Waals surface area contributed by atoms with Gasteiger partial charge in [-0.2, -0.15) is 0 Å². The van der Waals surface area contributed by atoms with Gasteiger partial charge in [-0.15, -0.1) is 11.3 Å². The van der Waals surface area contributed by atoms with E-state index >= 15 is 0 Å². The molecule has 0 aliphatic carbocycles. The molecule has 20 heavy (non-hydrogen) atoms. The molecule has 0 saturated carbocycles. The lowest BCUT2D eigenvalue weighted by atomic mass is 10.1. The van der Waals surface area contributed by atoms with Crippen LogP contribution in [0.4, 0.5) is 0 Å². The molecule has 1 aliphatic rings. The Labute approximate surface area is 132 Å². The normalized spacial score (nSPS) is 19.4. The van der Waals surface area contributed by atoms with Crippen molar-refractivity contribution in [3.8, 4) is 5.75 Å². The van der Waals surface area contributed by atoms with Gasteiger partial charge in [-0.05, 0) is 36.2 Å². The summed E-state index contributed by atoms with van der Waals surface area (Å²) in [6, 6.07) is 7.62. The summed E-state index contributed by atoms with van der Waals surface area (Å²) in [4.78, 5) is 3.64. The highest BCUT2D eigenvalue weighted by atomic mass is 35.5. The topological polar surface area (TPSA) is 12.5 Å². The monoisotopic (exact) mass is 327 g/mol. The lowest BCUT2D eigenvalue weighted by Gasteiger charge is -2.18. The van der Waals surface area contributed by atoms with Crippen molar-refractivity contribution in [2.45, 2.75) is 19.1 Å². The molecule has 1 aromatic heterocycles. The summed E-state index contributed by atoms with van der Waals surface area (Å²) >= 11 is 13.8. The summed E-state index contributed by atoms with van der Waals surface area (Å²) in [5.41, 5.74) is 1.36. The third-order valence-electron chi connectivity index (χ3n) is 3.46. The van der Waals surface area contributed by atoms with Crippen molar-refractivity contribution in [1.82, 2.24) is 4.90 Å². The molecule has 0 spiro atoms. The predicted octanol–water partition coefficient (Wildman–Crippen LogP) is 5.01. The molecule has 3 rings (SSSR count). The first-order valence-corrected chi connectivity index (χ1v) is 8.13. The number of hydrogen-bond acceptors (Lipinski definition) is 3. The molecular formula is C15H15Cl2NOS. The fraction of sp³-hybridized carbons (Fsp3) is 0.333. The SMILES string of the molecule is CN1CCC(Oc2ccc(Cl)c(Cl)c2)c2sccc2C1. The molecule has 0 N–H and O–H groups in total. The molecule has 106 valence electrons.